The Labute approximate surface area is 246 Å². The fourth-order valence-electron chi connectivity index (χ4n) is 5.01. The second kappa shape index (κ2) is 13.1. The molecule has 2 atom stereocenters. The van der Waals surface area contributed by atoms with Gasteiger partial charge in [0.05, 0.1) is 12.3 Å². The molecule has 1 fully saturated rings. The summed E-state index contributed by atoms with van der Waals surface area (Å²) in [6.07, 6.45) is -0.388. The van der Waals surface area contributed by atoms with Gasteiger partial charge in [-0.25, -0.2) is 9.78 Å². The maximum absolute atomic E-state index is 13.5. The predicted octanol–water partition coefficient (Wildman–Crippen LogP) is 2.54. The number of carboxylic acid groups (broad SMARTS) is 1. The third kappa shape index (κ3) is 6.56. The van der Waals surface area contributed by atoms with Gasteiger partial charge in [0.25, 0.3) is 0 Å². The van der Waals surface area contributed by atoms with Crippen molar-refractivity contribution in [2.75, 3.05) is 44.3 Å². The molecule has 2 amide bonds. The van der Waals surface area contributed by atoms with E-state index >= 15 is 0 Å². The van der Waals surface area contributed by atoms with Crippen molar-refractivity contribution in [2.24, 2.45) is 0 Å². The highest BCUT2D eigenvalue weighted by atomic mass is 35.5. The van der Waals surface area contributed by atoms with Crippen molar-refractivity contribution in [1.29, 1.82) is 0 Å². The van der Waals surface area contributed by atoms with Gasteiger partial charge in [-0.3, -0.25) is 9.89 Å². The number of hydrogen-bond acceptors (Lipinski definition) is 8. The van der Waals surface area contributed by atoms with Crippen LogP contribution in [0.25, 0.3) is 22.2 Å². The van der Waals surface area contributed by atoms with E-state index in [1.807, 2.05) is 30.3 Å². The number of aromatic nitrogens is 3. The van der Waals surface area contributed by atoms with Crippen molar-refractivity contribution in [3.63, 3.8) is 0 Å². The molecule has 0 unspecified atom stereocenters. The quantitative estimate of drug-likeness (QED) is 0.185. The average molecular weight is 595 g/mol. The fraction of sp³-hybridized carbons (Fsp3) is 0.310. The Morgan fingerprint density at radius 1 is 1.07 bits per heavy atom. The van der Waals surface area contributed by atoms with Crippen molar-refractivity contribution < 1.29 is 29.6 Å². The van der Waals surface area contributed by atoms with Gasteiger partial charge in [0, 0.05) is 49.4 Å². The van der Waals surface area contributed by atoms with E-state index in [0.29, 0.717) is 42.2 Å². The number of halogens is 1. The number of aromatic amines is 1. The predicted molar refractivity (Wildman–Crippen MR) is 157 cm³/mol. The van der Waals surface area contributed by atoms with E-state index in [0.717, 1.165) is 22.4 Å². The first kappa shape index (κ1) is 29.1. The number of aliphatic hydroxyl groups excluding tert-OH is 2. The minimum atomic E-state index is -1.27. The summed E-state index contributed by atoms with van der Waals surface area (Å²) in [6, 6.07) is 15.7. The first-order valence-electron chi connectivity index (χ1n) is 13.5. The van der Waals surface area contributed by atoms with E-state index < -0.39 is 24.8 Å². The van der Waals surface area contributed by atoms with E-state index in [2.05, 4.69) is 25.4 Å². The zero-order valence-electron chi connectivity index (χ0n) is 22.6. The average Bonchev–Trinajstić information content (AvgIpc) is 3.43. The molecule has 0 bridgehead atoms. The van der Waals surface area contributed by atoms with E-state index in [1.54, 1.807) is 35.4 Å². The molecule has 220 valence electrons. The summed E-state index contributed by atoms with van der Waals surface area (Å²) in [6.45, 7) is 1.01. The Bertz CT molecular complexity index is 1530. The van der Waals surface area contributed by atoms with Gasteiger partial charge in [-0.2, -0.15) is 0 Å². The Hall–Kier alpha value is -4.39. The molecule has 5 rings (SSSR count). The molecule has 4 aromatic rings. The summed E-state index contributed by atoms with van der Waals surface area (Å²) in [5.41, 5.74) is 3.85. The third-order valence-electron chi connectivity index (χ3n) is 7.09. The Kier molecular flexibility index (Phi) is 9.06. The number of anilines is 1. The lowest BCUT2D eigenvalue weighted by Gasteiger charge is -2.38. The van der Waals surface area contributed by atoms with Crippen molar-refractivity contribution in [1.82, 2.24) is 25.4 Å². The number of amides is 2. The Balaban J connectivity index is 1.41. The summed E-state index contributed by atoms with van der Waals surface area (Å²) >= 11 is 5.98. The number of pyridine rings is 1. The number of rotatable bonds is 10. The molecule has 12 nitrogen and oxygen atoms in total. The van der Waals surface area contributed by atoms with Crippen molar-refractivity contribution in [3.05, 3.63) is 71.4 Å². The van der Waals surface area contributed by atoms with Gasteiger partial charge >= 0.3 is 6.09 Å². The molecule has 1 aliphatic rings. The summed E-state index contributed by atoms with van der Waals surface area (Å²) < 4.78 is 5.77. The summed E-state index contributed by atoms with van der Waals surface area (Å²) in [5, 5.41) is 39.2. The van der Waals surface area contributed by atoms with Gasteiger partial charge < -0.3 is 35.2 Å². The second-order valence-corrected chi connectivity index (χ2v) is 10.4. The van der Waals surface area contributed by atoms with Crippen molar-refractivity contribution >= 4 is 40.3 Å². The van der Waals surface area contributed by atoms with Crippen molar-refractivity contribution in [2.45, 2.75) is 18.6 Å². The van der Waals surface area contributed by atoms with Crippen LogP contribution in [0.3, 0.4) is 0 Å². The zero-order valence-corrected chi connectivity index (χ0v) is 23.4. The Morgan fingerprint density at radius 2 is 1.79 bits per heavy atom. The van der Waals surface area contributed by atoms with Crippen LogP contribution in [-0.4, -0.2) is 98.9 Å². The van der Waals surface area contributed by atoms with Crippen LogP contribution in [-0.2, 0) is 11.2 Å². The molecule has 0 radical (unpaired) electrons. The lowest BCUT2D eigenvalue weighted by molar-refractivity contribution is -0.133. The van der Waals surface area contributed by atoms with E-state index in [1.165, 1.54) is 0 Å². The van der Waals surface area contributed by atoms with Crippen LogP contribution in [0.1, 0.15) is 5.56 Å². The van der Waals surface area contributed by atoms with Gasteiger partial charge in [-0.15, -0.1) is 5.10 Å². The molecule has 5 N–H and O–H groups in total. The van der Waals surface area contributed by atoms with Crippen molar-refractivity contribution in [3.8, 4) is 17.0 Å². The summed E-state index contributed by atoms with van der Waals surface area (Å²) in [4.78, 5) is 33.4. The Morgan fingerprint density at radius 3 is 2.45 bits per heavy atom. The summed E-state index contributed by atoms with van der Waals surface area (Å²) in [5.74, 6) is -0.0644. The van der Waals surface area contributed by atoms with Crippen LogP contribution in [0.4, 0.5) is 10.5 Å². The normalized spacial score (nSPS) is 14.9. The lowest BCUT2D eigenvalue weighted by atomic mass is 10.0. The number of carbonyl (C=O) groups excluding carboxylic acids is 1. The highest BCUT2D eigenvalue weighted by molar-refractivity contribution is 6.30. The van der Waals surface area contributed by atoms with E-state index in [4.69, 9.17) is 16.3 Å². The van der Waals surface area contributed by atoms with Gasteiger partial charge in [-0.05, 0) is 23.3 Å². The molecule has 2 aromatic carbocycles. The van der Waals surface area contributed by atoms with Crippen LogP contribution in [0.15, 0.2) is 60.8 Å². The van der Waals surface area contributed by atoms with Crippen LogP contribution in [0.5, 0.6) is 5.88 Å². The molecule has 1 aliphatic heterocycles. The van der Waals surface area contributed by atoms with Gasteiger partial charge in [0.15, 0.2) is 5.65 Å². The second-order valence-electron chi connectivity index (χ2n) is 9.93. The fourth-order valence-corrected chi connectivity index (χ4v) is 5.14. The van der Waals surface area contributed by atoms with E-state index in [-0.39, 0.29) is 24.8 Å². The molecule has 2 aromatic heterocycles. The molecule has 3 heterocycles. The number of aliphatic hydroxyl groups is 2. The van der Waals surface area contributed by atoms with Gasteiger partial charge in [0.2, 0.25) is 11.8 Å². The number of carbonyl (C=O) groups is 2. The topological polar surface area (TPSA) is 164 Å². The number of piperazine rings is 1. The minimum Gasteiger partial charge on any atom is -0.473 e. The largest absolute Gasteiger partial charge is 0.473 e. The van der Waals surface area contributed by atoms with Crippen LogP contribution >= 0.6 is 11.6 Å². The number of benzene rings is 2. The standard InChI is InChI=1S/C29H31ClN6O6/c30-20-8-6-18(7-9-20)14-23(32-29(40)41)28(39)36-12-10-35(11-13-36)25-22(19-4-2-1-3-5-19)15-31-26-24(25)27(34-33-26)42-17-21(38)16-37/h1-9,15,21,23,32,37-38H,10-14,16-17H2,(H,40,41)(H,31,33,34)/t21-,23+/m0/s1. The van der Waals surface area contributed by atoms with Gasteiger partial charge in [0.1, 0.15) is 24.1 Å². The van der Waals surface area contributed by atoms with E-state index in [9.17, 15) is 24.9 Å². The zero-order chi connectivity index (χ0) is 29.6. The molecule has 13 heteroatoms. The van der Waals surface area contributed by atoms with Crippen LogP contribution in [0.2, 0.25) is 5.02 Å². The number of fused-ring (bicyclic) bond motifs is 1. The molecular weight excluding hydrogens is 564 g/mol. The molecule has 0 aliphatic carbocycles. The SMILES string of the molecule is O=C(O)N[C@H](Cc1ccc(Cl)cc1)C(=O)N1CCN(c2c(-c3ccccc3)cnc3[nH]nc(OC[C@@H](O)CO)c23)CC1. The van der Waals surface area contributed by atoms with Gasteiger partial charge in [-0.1, -0.05) is 54.1 Å². The molecule has 0 spiro atoms. The monoisotopic (exact) mass is 594 g/mol. The number of nitrogens with one attached hydrogen (secondary N) is 2. The number of H-pyrrole nitrogens is 1. The minimum absolute atomic E-state index is 0.153. The highest BCUT2D eigenvalue weighted by Crippen LogP contribution is 2.40. The number of hydrogen-bond donors (Lipinski definition) is 5. The highest BCUT2D eigenvalue weighted by Gasteiger charge is 2.31. The molecule has 42 heavy (non-hydrogen) atoms. The first-order chi connectivity index (χ1) is 20.3. The number of nitrogens with zero attached hydrogens (tertiary/aromatic N) is 4. The molecule has 1 saturated heterocycles. The van der Waals surface area contributed by atoms with Crippen LogP contribution < -0.4 is 15.0 Å². The maximum atomic E-state index is 13.5. The van der Waals surface area contributed by atoms with Crippen LogP contribution in [0, 0.1) is 0 Å². The smallest absolute Gasteiger partial charge is 0.405 e. The first-order valence-corrected chi connectivity index (χ1v) is 13.8. The maximum Gasteiger partial charge on any atom is 0.405 e. The molecule has 0 saturated carbocycles. The third-order valence-corrected chi connectivity index (χ3v) is 7.35. The summed E-state index contributed by atoms with van der Waals surface area (Å²) in [7, 11) is 0. The lowest BCUT2D eigenvalue weighted by Crippen LogP contribution is -2.55. The number of ether oxygens (including phenoxy) is 1. The molecular formula is C29H31ClN6O6.